The van der Waals surface area contributed by atoms with Gasteiger partial charge in [-0.2, -0.15) is 5.26 Å². The molecule has 3 fully saturated rings. The minimum atomic E-state index is -0.618. The van der Waals surface area contributed by atoms with E-state index in [1.807, 2.05) is 18.2 Å². The van der Waals surface area contributed by atoms with Crippen LogP contribution in [0.4, 0.5) is 0 Å². The van der Waals surface area contributed by atoms with Crippen molar-refractivity contribution in [3.8, 4) is 6.07 Å². The smallest absolute Gasteiger partial charge is 0.321 e. The number of carboxylic acids is 1. The second kappa shape index (κ2) is 13.6. The Labute approximate surface area is 234 Å². The van der Waals surface area contributed by atoms with E-state index in [4.69, 9.17) is 0 Å². The lowest BCUT2D eigenvalue weighted by atomic mass is 9.83. The summed E-state index contributed by atoms with van der Waals surface area (Å²) in [7, 11) is 0. The molecule has 1 aliphatic carbocycles. The number of likely N-dealkylation sites (tertiary alicyclic amines) is 2. The Morgan fingerprint density at radius 2 is 1.67 bits per heavy atom. The lowest BCUT2D eigenvalue weighted by Gasteiger charge is -2.35. The zero-order chi connectivity index (χ0) is 27.0. The van der Waals surface area contributed by atoms with Crippen molar-refractivity contribution in [3.63, 3.8) is 0 Å². The zero-order valence-electron chi connectivity index (χ0n) is 23.4. The fraction of sp³-hybridized carbons (Fsp3) is 0.588. The maximum absolute atomic E-state index is 12.5. The van der Waals surface area contributed by atoms with Gasteiger partial charge in [0.1, 0.15) is 6.04 Å². The van der Waals surface area contributed by atoms with Crippen molar-refractivity contribution >= 4 is 5.97 Å². The topological polar surface area (TPSA) is 67.6 Å². The van der Waals surface area contributed by atoms with Crippen LogP contribution in [0.15, 0.2) is 54.6 Å². The lowest BCUT2D eigenvalue weighted by Crippen LogP contribution is -2.46. The first kappa shape index (κ1) is 27.9. The number of carboxylic acid groups (broad SMARTS) is 1. The van der Waals surface area contributed by atoms with Crippen LogP contribution < -0.4 is 0 Å². The van der Waals surface area contributed by atoms with Gasteiger partial charge in [0.05, 0.1) is 11.6 Å². The molecule has 5 rings (SSSR count). The van der Waals surface area contributed by atoms with Crippen molar-refractivity contribution in [2.45, 2.75) is 76.2 Å². The zero-order valence-corrected chi connectivity index (χ0v) is 23.4. The summed E-state index contributed by atoms with van der Waals surface area (Å²) in [6.45, 7) is 5.11. The number of aliphatic carboxylic acids is 1. The summed E-state index contributed by atoms with van der Waals surface area (Å²) in [4.78, 5) is 17.5. The summed E-state index contributed by atoms with van der Waals surface area (Å²) in [6.07, 6.45) is 11.6. The van der Waals surface area contributed by atoms with Crippen LogP contribution in [0.1, 0.15) is 80.4 Å². The van der Waals surface area contributed by atoms with Gasteiger partial charge in [-0.3, -0.25) is 9.69 Å². The quantitative estimate of drug-likeness (QED) is 0.390. The van der Waals surface area contributed by atoms with Gasteiger partial charge < -0.3 is 10.0 Å². The molecule has 2 heterocycles. The van der Waals surface area contributed by atoms with E-state index in [2.05, 4.69) is 52.3 Å². The number of nitrogens with zero attached hydrogens (tertiary/aromatic N) is 3. The largest absolute Gasteiger partial charge is 0.480 e. The molecular weight excluding hydrogens is 482 g/mol. The van der Waals surface area contributed by atoms with Gasteiger partial charge >= 0.3 is 5.97 Å². The molecule has 2 aromatic rings. The van der Waals surface area contributed by atoms with Crippen LogP contribution in [0.2, 0.25) is 0 Å². The van der Waals surface area contributed by atoms with E-state index >= 15 is 0 Å². The summed E-state index contributed by atoms with van der Waals surface area (Å²) in [5.41, 5.74) is 3.37. The number of nitriles is 1. The van der Waals surface area contributed by atoms with E-state index in [-0.39, 0.29) is 6.04 Å². The molecule has 3 aliphatic rings. The number of piperidine rings is 1. The van der Waals surface area contributed by atoms with Crippen LogP contribution in [0.3, 0.4) is 0 Å². The molecule has 0 spiro atoms. The third-order valence-corrected chi connectivity index (χ3v) is 9.84. The van der Waals surface area contributed by atoms with Crippen molar-refractivity contribution in [1.82, 2.24) is 9.80 Å². The highest BCUT2D eigenvalue weighted by molar-refractivity contribution is 5.74. The number of benzene rings is 2. The van der Waals surface area contributed by atoms with Crippen LogP contribution in [-0.4, -0.2) is 59.6 Å². The van der Waals surface area contributed by atoms with Crippen molar-refractivity contribution in [2.24, 2.45) is 17.8 Å². The average molecular weight is 528 g/mol. The SMILES string of the molecule is N#Cc1ccccc1CCCC1CCN(CC2CN(C(C(=O)O)C3CCCCC3)CC2c2ccccc2)CC1. The van der Waals surface area contributed by atoms with Crippen LogP contribution in [0.5, 0.6) is 0 Å². The van der Waals surface area contributed by atoms with E-state index in [0.29, 0.717) is 17.8 Å². The van der Waals surface area contributed by atoms with Crippen molar-refractivity contribution < 1.29 is 9.90 Å². The van der Waals surface area contributed by atoms with E-state index in [9.17, 15) is 15.2 Å². The Morgan fingerprint density at radius 1 is 0.949 bits per heavy atom. The number of rotatable bonds is 10. The molecule has 3 atom stereocenters. The monoisotopic (exact) mass is 527 g/mol. The molecule has 5 heteroatoms. The molecule has 0 bridgehead atoms. The molecule has 2 saturated heterocycles. The molecule has 39 heavy (non-hydrogen) atoms. The molecule has 1 N–H and O–H groups in total. The summed E-state index contributed by atoms with van der Waals surface area (Å²) >= 11 is 0. The molecule has 0 radical (unpaired) electrons. The molecule has 2 aromatic carbocycles. The highest BCUT2D eigenvalue weighted by atomic mass is 16.4. The lowest BCUT2D eigenvalue weighted by molar-refractivity contribution is -0.145. The van der Waals surface area contributed by atoms with Crippen molar-refractivity contribution in [3.05, 3.63) is 71.3 Å². The molecule has 208 valence electrons. The molecule has 0 amide bonds. The Kier molecular flexibility index (Phi) is 9.71. The van der Waals surface area contributed by atoms with E-state index < -0.39 is 5.97 Å². The van der Waals surface area contributed by atoms with E-state index in [1.54, 1.807) is 0 Å². The van der Waals surface area contributed by atoms with Gasteiger partial charge in [0, 0.05) is 25.6 Å². The standard InChI is InChI=1S/C34H45N3O2/c35-22-30-16-8-7-11-27(30)17-9-10-26-18-20-36(21-19-26)23-31-24-37(25-32(31)28-12-3-1-4-13-28)33(34(38)39)29-14-5-2-6-15-29/h1,3-4,7-8,11-13,16,26,29,31-33H,2,5-6,9-10,14-15,17-21,23-25H2,(H,38,39). The second-order valence-corrected chi connectivity index (χ2v) is 12.3. The molecule has 1 saturated carbocycles. The molecule has 3 unspecified atom stereocenters. The van der Waals surface area contributed by atoms with Gasteiger partial charge in [-0.25, -0.2) is 0 Å². The van der Waals surface area contributed by atoms with Gasteiger partial charge in [0.2, 0.25) is 0 Å². The molecule has 0 aromatic heterocycles. The number of aryl methyl sites for hydroxylation is 1. The maximum atomic E-state index is 12.5. The van der Waals surface area contributed by atoms with Gasteiger partial charge in [-0.1, -0.05) is 74.2 Å². The first-order valence-corrected chi connectivity index (χ1v) is 15.3. The number of hydrogen-bond donors (Lipinski definition) is 1. The van der Waals surface area contributed by atoms with E-state index in [0.717, 1.165) is 69.9 Å². The summed E-state index contributed by atoms with van der Waals surface area (Å²) in [5.74, 6) is 1.31. The first-order chi connectivity index (χ1) is 19.1. The predicted octanol–water partition coefficient (Wildman–Crippen LogP) is 6.34. The Hall–Kier alpha value is -2.68. The van der Waals surface area contributed by atoms with Crippen LogP contribution >= 0.6 is 0 Å². The van der Waals surface area contributed by atoms with Crippen molar-refractivity contribution in [1.29, 1.82) is 5.26 Å². The Morgan fingerprint density at radius 3 is 2.38 bits per heavy atom. The van der Waals surface area contributed by atoms with Gasteiger partial charge in [-0.05, 0) is 86.6 Å². The molecule has 2 aliphatic heterocycles. The second-order valence-electron chi connectivity index (χ2n) is 12.3. The number of hydrogen-bond acceptors (Lipinski definition) is 4. The highest BCUT2D eigenvalue weighted by Gasteiger charge is 2.43. The fourth-order valence-corrected chi connectivity index (χ4v) is 7.72. The third-order valence-electron chi connectivity index (χ3n) is 9.84. The maximum Gasteiger partial charge on any atom is 0.321 e. The Balaban J connectivity index is 1.17. The highest BCUT2D eigenvalue weighted by Crippen LogP contribution is 2.38. The fourth-order valence-electron chi connectivity index (χ4n) is 7.72. The van der Waals surface area contributed by atoms with Crippen LogP contribution in [0, 0.1) is 29.1 Å². The summed E-state index contributed by atoms with van der Waals surface area (Å²) < 4.78 is 0. The molecular formula is C34H45N3O2. The van der Waals surface area contributed by atoms with Crippen LogP contribution in [0.25, 0.3) is 0 Å². The normalized spacial score (nSPS) is 24.4. The van der Waals surface area contributed by atoms with Gasteiger partial charge in [0.25, 0.3) is 0 Å². The summed E-state index contributed by atoms with van der Waals surface area (Å²) in [6, 6.07) is 20.8. The molecule has 5 nitrogen and oxygen atoms in total. The predicted molar refractivity (Wildman–Crippen MR) is 156 cm³/mol. The van der Waals surface area contributed by atoms with Gasteiger partial charge in [-0.15, -0.1) is 0 Å². The van der Waals surface area contributed by atoms with Gasteiger partial charge in [0.15, 0.2) is 0 Å². The third kappa shape index (κ3) is 7.10. The Bertz CT molecular complexity index is 1100. The van der Waals surface area contributed by atoms with Crippen LogP contribution in [-0.2, 0) is 11.2 Å². The minimum Gasteiger partial charge on any atom is -0.480 e. The average Bonchev–Trinajstić information content (AvgIpc) is 3.38. The first-order valence-electron chi connectivity index (χ1n) is 15.3. The summed E-state index contributed by atoms with van der Waals surface area (Å²) in [5, 5.41) is 19.6. The van der Waals surface area contributed by atoms with E-state index in [1.165, 1.54) is 49.7 Å². The minimum absolute atomic E-state index is 0.294. The number of carbonyl (C=O) groups is 1. The van der Waals surface area contributed by atoms with Crippen molar-refractivity contribution in [2.75, 3.05) is 32.7 Å².